The van der Waals surface area contributed by atoms with Crippen molar-refractivity contribution in [3.05, 3.63) is 22.4 Å². The molecule has 1 aliphatic rings. The van der Waals surface area contributed by atoms with Gasteiger partial charge in [-0.25, -0.2) is 0 Å². The minimum atomic E-state index is -0.338. The molecule has 0 bridgehead atoms. The number of amides is 1. The van der Waals surface area contributed by atoms with Gasteiger partial charge in [-0.05, 0) is 24.3 Å². The minimum Gasteiger partial charge on any atom is -0.376 e. The molecule has 1 N–H and O–H groups in total. The summed E-state index contributed by atoms with van der Waals surface area (Å²) in [6.45, 7) is 1.35. The van der Waals surface area contributed by atoms with E-state index in [2.05, 4.69) is 11.4 Å². The van der Waals surface area contributed by atoms with Crippen LogP contribution in [0.2, 0.25) is 0 Å². The van der Waals surface area contributed by atoms with Gasteiger partial charge in [0.2, 0.25) is 5.91 Å². The Labute approximate surface area is 111 Å². The predicted octanol–water partition coefficient (Wildman–Crippen LogP) is 2.04. The summed E-state index contributed by atoms with van der Waals surface area (Å²) in [6.07, 6.45) is 2.45. The molecule has 1 saturated heterocycles. The Hall–Kier alpha value is -1.38. The molecule has 2 unspecified atom stereocenters. The second-order valence-corrected chi connectivity index (χ2v) is 5.32. The Bertz CT molecular complexity index is 419. The van der Waals surface area contributed by atoms with Crippen molar-refractivity contribution in [1.29, 1.82) is 5.26 Å². The lowest BCUT2D eigenvalue weighted by molar-refractivity contribution is -0.121. The van der Waals surface area contributed by atoms with Gasteiger partial charge in [-0.2, -0.15) is 5.26 Å². The molecule has 18 heavy (non-hydrogen) atoms. The molecule has 0 spiro atoms. The third kappa shape index (κ3) is 3.56. The van der Waals surface area contributed by atoms with Gasteiger partial charge in [-0.1, -0.05) is 6.07 Å². The van der Waals surface area contributed by atoms with E-state index in [0.29, 0.717) is 6.54 Å². The summed E-state index contributed by atoms with van der Waals surface area (Å²) in [4.78, 5) is 12.7. The maximum absolute atomic E-state index is 11.8. The molecular weight excluding hydrogens is 248 g/mol. The van der Waals surface area contributed by atoms with Crippen molar-refractivity contribution < 1.29 is 9.53 Å². The van der Waals surface area contributed by atoms with Gasteiger partial charge in [-0.3, -0.25) is 4.79 Å². The molecule has 2 heterocycles. The van der Waals surface area contributed by atoms with Gasteiger partial charge < -0.3 is 10.1 Å². The second-order valence-electron chi connectivity index (χ2n) is 4.34. The van der Waals surface area contributed by atoms with Crippen LogP contribution in [0.3, 0.4) is 0 Å². The third-order valence-electron chi connectivity index (χ3n) is 2.98. The zero-order chi connectivity index (χ0) is 12.8. The van der Waals surface area contributed by atoms with Crippen LogP contribution in [0, 0.1) is 11.3 Å². The van der Waals surface area contributed by atoms with Crippen molar-refractivity contribution in [1.82, 2.24) is 5.32 Å². The van der Waals surface area contributed by atoms with Crippen LogP contribution in [-0.4, -0.2) is 25.2 Å². The number of nitrogens with zero attached hydrogens (tertiary/aromatic N) is 1. The van der Waals surface area contributed by atoms with Crippen molar-refractivity contribution >= 4 is 17.2 Å². The first-order chi connectivity index (χ1) is 8.79. The molecule has 0 radical (unpaired) electrons. The number of hydrogen-bond acceptors (Lipinski definition) is 4. The summed E-state index contributed by atoms with van der Waals surface area (Å²) in [5.41, 5.74) is 0. The van der Waals surface area contributed by atoms with Gasteiger partial charge in [-0.15, -0.1) is 11.3 Å². The standard InChI is InChI=1S/C13H16N2O2S/c14-8-10(12-4-2-6-18-12)7-13(16)15-9-11-3-1-5-17-11/h2,4,6,10-11H,1,3,5,7,9H2,(H,15,16). The summed E-state index contributed by atoms with van der Waals surface area (Å²) >= 11 is 1.51. The van der Waals surface area contributed by atoms with Crippen molar-refractivity contribution in [2.75, 3.05) is 13.2 Å². The highest BCUT2D eigenvalue weighted by Gasteiger charge is 2.19. The zero-order valence-electron chi connectivity index (χ0n) is 10.1. The van der Waals surface area contributed by atoms with Crippen molar-refractivity contribution in [2.24, 2.45) is 0 Å². The van der Waals surface area contributed by atoms with Crippen LogP contribution in [0.1, 0.15) is 30.1 Å². The van der Waals surface area contributed by atoms with Gasteiger partial charge in [0.15, 0.2) is 0 Å². The normalized spacial score (nSPS) is 20.3. The molecule has 1 amide bonds. The number of carbonyl (C=O) groups excluding carboxylic acids is 1. The molecule has 1 fully saturated rings. The average Bonchev–Trinajstić information content (AvgIpc) is 3.05. The van der Waals surface area contributed by atoms with E-state index in [0.717, 1.165) is 24.3 Å². The molecule has 0 saturated carbocycles. The Morgan fingerprint density at radius 1 is 1.72 bits per heavy atom. The first-order valence-electron chi connectivity index (χ1n) is 6.11. The summed E-state index contributed by atoms with van der Waals surface area (Å²) in [7, 11) is 0. The first kappa shape index (κ1) is 13.1. The monoisotopic (exact) mass is 264 g/mol. The fraction of sp³-hybridized carbons (Fsp3) is 0.538. The fourth-order valence-electron chi connectivity index (χ4n) is 1.99. The van der Waals surface area contributed by atoms with Gasteiger partial charge in [0, 0.05) is 24.4 Å². The molecule has 5 heteroatoms. The van der Waals surface area contributed by atoms with Crippen molar-refractivity contribution in [3.63, 3.8) is 0 Å². The molecule has 1 aromatic rings. The van der Waals surface area contributed by atoms with Crippen LogP contribution < -0.4 is 5.32 Å². The number of hydrogen-bond donors (Lipinski definition) is 1. The summed E-state index contributed by atoms with van der Waals surface area (Å²) in [6, 6.07) is 5.97. The third-order valence-corrected chi connectivity index (χ3v) is 3.97. The summed E-state index contributed by atoms with van der Waals surface area (Å²) in [5, 5.41) is 13.8. The Morgan fingerprint density at radius 3 is 3.22 bits per heavy atom. The van der Waals surface area contributed by atoms with E-state index in [4.69, 9.17) is 10.00 Å². The molecule has 2 atom stereocenters. The lowest BCUT2D eigenvalue weighted by Gasteiger charge is -2.12. The molecule has 0 aliphatic carbocycles. The number of carbonyl (C=O) groups is 1. The van der Waals surface area contributed by atoms with E-state index in [1.54, 1.807) is 0 Å². The van der Waals surface area contributed by atoms with E-state index in [1.807, 2.05) is 17.5 Å². The Balaban J connectivity index is 1.77. The van der Waals surface area contributed by atoms with Gasteiger partial charge in [0.25, 0.3) is 0 Å². The zero-order valence-corrected chi connectivity index (χ0v) is 10.9. The number of rotatable bonds is 5. The average molecular weight is 264 g/mol. The highest BCUT2D eigenvalue weighted by Crippen LogP contribution is 2.23. The van der Waals surface area contributed by atoms with Gasteiger partial charge in [0.1, 0.15) is 0 Å². The second kappa shape index (κ2) is 6.53. The topological polar surface area (TPSA) is 62.1 Å². The minimum absolute atomic E-state index is 0.0783. The van der Waals surface area contributed by atoms with Crippen LogP contribution in [0.4, 0.5) is 0 Å². The van der Waals surface area contributed by atoms with Gasteiger partial charge in [0.05, 0.1) is 18.1 Å². The summed E-state index contributed by atoms with van der Waals surface area (Å²) < 4.78 is 5.43. The van der Waals surface area contributed by atoms with Gasteiger partial charge >= 0.3 is 0 Å². The smallest absolute Gasteiger partial charge is 0.221 e. The van der Waals surface area contributed by atoms with Crippen LogP contribution >= 0.6 is 11.3 Å². The molecule has 0 aromatic carbocycles. The molecule has 1 aromatic heterocycles. The highest BCUT2D eigenvalue weighted by molar-refractivity contribution is 7.10. The molecule has 96 valence electrons. The van der Waals surface area contributed by atoms with E-state index in [9.17, 15) is 4.79 Å². The van der Waals surface area contributed by atoms with E-state index < -0.39 is 0 Å². The lowest BCUT2D eigenvalue weighted by atomic mass is 10.1. The number of nitriles is 1. The largest absolute Gasteiger partial charge is 0.376 e. The first-order valence-corrected chi connectivity index (χ1v) is 6.99. The van der Waals surface area contributed by atoms with Crippen molar-refractivity contribution in [3.8, 4) is 6.07 Å². The van der Waals surface area contributed by atoms with Crippen LogP contribution in [0.25, 0.3) is 0 Å². The van der Waals surface area contributed by atoms with Crippen molar-refractivity contribution in [2.45, 2.75) is 31.3 Å². The van der Waals surface area contributed by atoms with E-state index in [1.165, 1.54) is 11.3 Å². The quantitative estimate of drug-likeness (QED) is 0.885. The maximum atomic E-state index is 11.8. The number of thiophene rings is 1. The van der Waals surface area contributed by atoms with Crippen LogP contribution in [0.5, 0.6) is 0 Å². The lowest BCUT2D eigenvalue weighted by Crippen LogP contribution is -2.32. The molecule has 2 rings (SSSR count). The Morgan fingerprint density at radius 2 is 2.61 bits per heavy atom. The SMILES string of the molecule is N#CC(CC(=O)NCC1CCCO1)c1cccs1. The highest BCUT2D eigenvalue weighted by atomic mass is 32.1. The molecular formula is C13H16N2O2S. The van der Waals surface area contributed by atoms with Crippen LogP contribution in [-0.2, 0) is 9.53 Å². The number of nitrogens with one attached hydrogen (secondary N) is 1. The maximum Gasteiger partial charge on any atom is 0.221 e. The molecule has 4 nitrogen and oxygen atoms in total. The molecule has 1 aliphatic heterocycles. The fourth-order valence-corrected chi connectivity index (χ4v) is 2.76. The van der Waals surface area contributed by atoms with E-state index >= 15 is 0 Å². The predicted molar refractivity (Wildman–Crippen MR) is 69.3 cm³/mol. The Kier molecular flexibility index (Phi) is 4.73. The number of ether oxygens (including phenoxy) is 1. The summed E-state index contributed by atoms with van der Waals surface area (Å²) in [5.74, 6) is -0.417. The van der Waals surface area contributed by atoms with E-state index in [-0.39, 0.29) is 24.3 Å². The van der Waals surface area contributed by atoms with Crippen LogP contribution in [0.15, 0.2) is 17.5 Å².